The van der Waals surface area contributed by atoms with Crippen molar-refractivity contribution in [3.8, 4) is 11.5 Å². The Kier molecular flexibility index (Phi) is 10.5. The first-order valence-corrected chi connectivity index (χ1v) is 8.26. The van der Waals surface area contributed by atoms with Crippen molar-refractivity contribution in [2.75, 3.05) is 19.7 Å². The third kappa shape index (κ3) is 8.62. The summed E-state index contributed by atoms with van der Waals surface area (Å²) in [6.07, 6.45) is 0.880. The maximum atomic E-state index is 9.48. The van der Waals surface area contributed by atoms with Crippen LogP contribution in [0.5, 0.6) is 11.5 Å². The molecular weight excluding hydrogens is 429 g/mol. The van der Waals surface area contributed by atoms with Gasteiger partial charge in [0.15, 0.2) is 5.96 Å². The molecule has 0 atom stereocenters. The molecule has 0 aromatic heterocycles. The van der Waals surface area contributed by atoms with Crippen LogP contribution in [0.15, 0.2) is 59.6 Å². The summed E-state index contributed by atoms with van der Waals surface area (Å²) in [7, 11) is 0. The normalized spacial score (nSPS) is 10.7. The van der Waals surface area contributed by atoms with Crippen molar-refractivity contribution in [2.24, 2.45) is 4.99 Å². The lowest BCUT2D eigenvalue weighted by Gasteiger charge is -2.12. The quantitative estimate of drug-likeness (QED) is 0.247. The maximum Gasteiger partial charge on any atom is 0.191 e. The van der Waals surface area contributed by atoms with Crippen molar-refractivity contribution in [1.82, 2.24) is 10.6 Å². The van der Waals surface area contributed by atoms with Crippen LogP contribution in [0.25, 0.3) is 0 Å². The number of aliphatic imine (C=N–C) groups is 1. The fourth-order valence-electron chi connectivity index (χ4n) is 2.15. The van der Waals surface area contributed by atoms with Gasteiger partial charge in [-0.1, -0.05) is 30.3 Å². The second-order valence-electron chi connectivity index (χ2n) is 5.31. The molecule has 0 aliphatic rings. The zero-order valence-electron chi connectivity index (χ0n) is 14.4. The van der Waals surface area contributed by atoms with Gasteiger partial charge < -0.3 is 20.5 Å². The van der Waals surface area contributed by atoms with Gasteiger partial charge in [-0.2, -0.15) is 0 Å². The summed E-state index contributed by atoms with van der Waals surface area (Å²) in [5.41, 5.74) is 0.972. The Morgan fingerprint density at radius 3 is 2.60 bits per heavy atom. The third-order valence-electron chi connectivity index (χ3n) is 3.30. The maximum absolute atomic E-state index is 9.48. The van der Waals surface area contributed by atoms with Crippen molar-refractivity contribution < 1.29 is 9.84 Å². The van der Waals surface area contributed by atoms with Crippen LogP contribution in [-0.2, 0) is 6.54 Å². The van der Waals surface area contributed by atoms with E-state index in [1.54, 1.807) is 12.1 Å². The van der Waals surface area contributed by atoms with E-state index in [4.69, 9.17) is 4.74 Å². The predicted molar refractivity (Wildman–Crippen MR) is 113 cm³/mol. The largest absolute Gasteiger partial charge is 0.508 e. The lowest BCUT2D eigenvalue weighted by Crippen LogP contribution is -2.38. The summed E-state index contributed by atoms with van der Waals surface area (Å²) < 4.78 is 5.66. The van der Waals surface area contributed by atoms with Crippen molar-refractivity contribution >= 4 is 29.9 Å². The Morgan fingerprint density at radius 2 is 1.88 bits per heavy atom. The van der Waals surface area contributed by atoms with E-state index in [1.807, 2.05) is 49.4 Å². The van der Waals surface area contributed by atoms with Crippen LogP contribution in [0.3, 0.4) is 0 Å². The molecule has 0 amide bonds. The standard InChI is InChI=1S/C19H25N3O2.HI/c1-2-20-19(22-15-16-8-6-9-17(23)14-16)21-12-7-13-24-18-10-4-3-5-11-18;/h3-6,8-11,14,23H,2,7,12-13,15H2,1H3,(H2,20,21,22);1H. The summed E-state index contributed by atoms with van der Waals surface area (Å²) >= 11 is 0. The van der Waals surface area contributed by atoms with E-state index in [-0.39, 0.29) is 29.7 Å². The molecule has 6 heteroatoms. The number of ether oxygens (including phenoxy) is 1. The van der Waals surface area contributed by atoms with Gasteiger partial charge in [-0.15, -0.1) is 24.0 Å². The molecule has 0 radical (unpaired) electrons. The molecule has 0 saturated carbocycles. The van der Waals surface area contributed by atoms with Crippen LogP contribution in [-0.4, -0.2) is 30.8 Å². The number of hydrogen-bond donors (Lipinski definition) is 3. The summed E-state index contributed by atoms with van der Waals surface area (Å²) in [6.45, 7) is 4.78. The van der Waals surface area contributed by atoms with Crippen LogP contribution in [0.2, 0.25) is 0 Å². The Bertz CT molecular complexity index is 636. The number of nitrogens with zero attached hydrogens (tertiary/aromatic N) is 1. The molecular formula is C19H26IN3O2. The fourth-order valence-corrected chi connectivity index (χ4v) is 2.15. The van der Waals surface area contributed by atoms with Gasteiger partial charge >= 0.3 is 0 Å². The number of aromatic hydroxyl groups is 1. The average molecular weight is 455 g/mol. The van der Waals surface area contributed by atoms with Gasteiger partial charge in [-0.05, 0) is 43.2 Å². The number of para-hydroxylation sites is 1. The van der Waals surface area contributed by atoms with Gasteiger partial charge in [0.25, 0.3) is 0 Å². The van der Waals surface area contributed by atoms with Gasteiger partial charge in [-0.25, -0.2) is 4.99 Å². The molecule has 0 unspecified atom stereocenters. The van der Waals surface area contributed by atoms with Crippen LogP contribution in [0, 0.1) is 0 Å². The number of halogens is 1. The second-order valence-corrected chi connectivity index (χ2v) is 5.31. The smallest absolute Gasteiger partial charge is 0.191 e. The van der Waals surface area contributed by atoms with Crippen molar-refractivity contribution in [1.29, 1.82) is 0 Å². The van der Waals surface area contributed by atoms with Gasteiger partial charge in [0, 0.05) is 13.1 Å². The van der Waals surface area contributed by atoms with E-state index >= 15 is 0 Å². The number of benzene rings is 2. The summed E-state index contributed by atoms with van der Waals surface area (Å²) in [5, 5.41) is 16.0. The minimum Gasteiger partial charge on any atom is -0.508 e. The topological polar surface area (TPSA) is 65.9 Å². The molecule has 0 saturated heterocycles. The summed E-state index contributed by atoms with van der Waals surface area (Å²) in [5.74, 6) is 1.92. The van der Waals surface area contributed by atoms with Crippen LogP contribution >= 0.6 is 24.0 Å². The first-order chi connectivity index (χ1) is 11.8. The highest BCUT2D eigenvalue weighted by Crippen LogP contribution is 2.11. The number of rotatable bonds is 8. The summed E-state index contributed by atoms with van der Waals surface area (Å²) in [6, 6.07) is 16.9. The Labute approximate surface area is 166 Å². The predicted octanol–water partition coefficient (Wildman–Crippen LogP) is 3.53. The van der Waals surface area contributed by atoms with Gasteiger partial charge in [-0.3, -0.25) is 0 Å². The SMILES string of the molecule is CCNC(=NCc1cccc(O)c1)NCCCOc1ccccc1.I. The minimum atomic E-state index is 0. The van der Waals surface area contributed by atoms with Gasteiger partial charge in [0.2, 0.25) is 0 Å². The van der Waals surface area contributed by atoms with Gasteiger partial charge in [0.05, 0.1) is 13.2 Å². The van der Waals surface area contributed by atoms with E-state index in [0.29, 0.717) is 13.2 Å². The van der Waals surface area contributed by atoms with E-state index in [2.05, 4.69) is 15.6 Å². The number of hydrogen-bond acceptors (Lipinski definition) is 3. The van der Waals surface area contributed by atoms with Gasteiger partial charge in [0.1, 0.15) is 11.5 Å². The average Bonchev–Trinajstić information content (AvgIpc) is 2.60. The molecule has 0 spiro atoms. The minimum absolute atomic E-state index is 0. The molecule has 0 heterocycles. The highest BCUT2D eigenvalue weighted by Gasteiger charge is 1.99. The Hall–Kier alpha value is -1.96. The Balaban J connectivity index is 0.00000312. The molecule has 2 aromatic rings. The van der Waals surface area contributed by atoms with E-state index in [9.17, 15) is 5.11 Å². The lowest BCUT2D eigenvalue weighted by molar-refractivity contribution is 0.311. The van der Waals surface area contributed by atoms with E-state index in [1.165, 1.54) is 0 Å². The molecule has 25 heavy (non-hydrogen) atoms. The fraction of sp³-hybridized carbons (Fsp3) is 0.316. The molecule has 0 aliphatic heterocycles. The first-order valence-electron chi connectivity index (χ1n) is 8.26. The summed E-state index contributed by atoms with van der Waals surface area (Å²) in [4.78, 5) is 4.52. The number of nitrogens with one attached hydrogen (secondary N) is 2. The van der Waals surface area contributed by atoms with Crippen molar-refractivity contribution in [3.63, 3.8) is 0 Å². The molecule has 0 aliphatic carbocycles. The van der Waals surface area contributed by atoms with E-state index in [0.717, 1.165) is 36.8 Å². The molecule has 0 fully saturated rings. The molecule has 2 rings (SSSR count). The van der Waals surface area contributed by atoms with E-state index < -0.39 is 0 Å². The number of phenols is 1. The van der Waals surface area contributed by atoms with Crippen LogP contribution < -0.4 is 15.4 Å². The second kappa shape index (κ2) is 12.4. The monoisotopic (exact) mass is 455 g/mol. The molecule has 136 valence electrons. The highest BCUT2D eigenvalue weighted by molar-refractivity contribution is 14.0. The first kappa shape index (κ1) is 21.1. The molecule has 3 N–H and O–H groups in total. The highest BCUT2D eigenvalue weighted by atomic mass is 127. The number of guanidine groups is 1. The molecule has 0 bridgehead atoms. The van der Waals surface area contributed by atoms with Crippen molar-refractivity contribution in [2.45, 2.75) is 19.9 Å². The third-order valence-corrected chi connectivity index (χ3v) is 3.30. The lowest BCUT2D eigenvalue weighted by atomic mass is 10.2. The van der Waals surface area contributed by atoms with Crippen molar-refractivity contribution in [3.05, 3.63) is 60.2 Å². The zero-order valence-corrected chi connectivity index (χ0v) is 16.8. The molecule has 2 aromatic carbocycles. The molecule has 5 nitrogen and oxygen atoms in total. The zero-order chi connectivity index (χ0) is 17.0. The Morgan fingerprint density at radius 1 is 1.08 bits per heavy atom. The number of phenolic OH excluding ortho intramolecular Hbond substituents is 1. The van der Waals surface area contributed by atoms with Crippen LogP contribution in [0.1, 0.15) is 18.9 Å². The van der Waals surface area contributed by atoms with Crippen LogP contribution in [0.4, 0.5) is 0 Å².